The van der Waals surface area contributed by atoms with E-state index in [0.29, 0.717) is 19.3 Å². The molecule has 0 aromatic heterocycles. The Morgan fingerprint density at radius 1 is 0.389 bits per heavy atom. The number of carbonyl (C=O) groups excluding carboxylic acids is 3. The van der Waals surface area contributed by atoms with Crippen LogP contribution in [-0.2, 0) is 28.6 Å². The molecule has 0 bridgehead atoms. The monoisotopic (exact) mass is 761 g/mol. The lowest BCUT2D eigenvalue weighted by molar-refractivity contribution is -0.167. The standard InChI is InChI=1S/C48H88O6/c1-4-7-10-13-16-19-20-21-22-23-24-25-26-27-30-32-35-38-41-47(50)53-44-45(54-48(51)42-39-36-33-29-18-15-12-9-6-3)43-52-46(49)40-37-34-31-28-17-14-11-8-5-2/h9,12,18,29,45H,4-8,10-11,13-17,19-28,30-44H2,1-3H3/b12-9-,29-18-. The van der Waals surface area contributed by atoms with E-state index in [2.05, 4.69) is 45.1 Å². The fourth-order valence-corrected chi connectivity index (χ4v) is 6.72. The number of carbonyl (C=O) groups is 3. The average Bonchev–Trinajstić information content (AvgIpc) is 3.17. The topological polar surface area (TPSA) is 78.9 Å². The van der Waals surface area contributed by atoms with Crippen LogP contribution in [0.3, 0.4) is 0 Å². The lowest BCUT2D eigenvalue weighted by Gasteiger charge is -2.18. The molecule has 0 aliphatic heterocycles. The van der Waals surface area contributed by atoms with Crippen LogP contribution in [0.4, 0.5) is 0 Å². The molecule has 0 rings (SSSR count). The maximum absolute atomic E-state index is 12.6. The summed E-state index contributed by atoms with van der Waals surface area (Å²) in [6, 6.07) is 0. The van der Waals surface area contributed by atoms with E-state index in [1.165, 1.54) is 135 Å². The van der Waals surface area contributed by atoms with Crippen molar-refractivity contribution in [2.75, 3.05) is 13.2 Å². The van der Waals surface area contributed by atoms with Gasteiger partial charge in [0.15, 0.2) is 6.10 Å². The predicted octanol–water partition coefficient (Wildman–Crippen LogP) is 14.8. The zero-order valence-corrected chi connectivity index (χ0v) is 36.0. The van der Waals surface area contributed by atoms with E-state index in [1.54, 1.807) is 0 Å². The SMILES string of the molecule is CC/C=C\C/C=C\CCCCC(=O)OC(COC(=O)CCCCCCCCCCC)COC(=O)CCCCCCCCCCCCCCCCCCCC. The van der Waals surface area contributed by atoms with E-state index in [-0.39, 0.29) is 31.1 Å². The van der Waals surface area contributed by atoms with Crippen LogP contribution in [0.5, 0.6) is 0 Å². The Balaban J connectivity index is 4.23. The number of esters is 3. The number of unbranched alkanes of at least 4 members (excludes halogenated alkanes) is 27. The zero-order chi connectivity index (χ0) is 39.4. The molecule has 0 N–H and O–H groups in total. The van der Waals surface area contributed by atoms with Crippen LogP contribution in [0.15, 0.2) is 24.3 Å². The summed E-state index contributed by atoms with van der Waals surface area (Å²) in [5, 5.41) is 0. The number of hydrogen-bond acceptors (Lipinski definition) is 6. The normalized spacial score (nSPS) is 12.1. The minimum atomic E-state index is -0.779. The molecule has 0 heterocycles. The van der Waals surface area contributed by atoms with Crippen LogP contribution < -0.4 is 0 Å². The maximum atomic E-state index is 12.6. The first-order valence-corrected chi connectivity index (χ1v) is 23.3. The first-order chi connectivity index (χ1) is 26.5. The van der Waals surface area contributed by atoms with Crippen molar-refractivity contribution in [3.8, 4) is 0 Å². The molecule has 0 aliphatic rings. The van der Waals surface area contributed by atoms with Gasteiger partial charge < -0.3 is 14.2 Å². The highest BCUT2D eigenvalue weighted by Gasteiger charge is 2.19. The van der Waals surface area contributed by atoms with E-state index in [4.69, 9.17) is 14.2 Å². The highest BCUT2D eigenvalue weighted by atomic mass is 16.6. The number of hydrogen-bond donors (Lipinski definition) is 0. The molecule has 1 atom stereocenters. The second-order valence-corrected chi connectivity index (χ2v) is 15.6. The Labute approximate surface area is 334 Å². The summed E-state index contributed by atoms with van der Waals surface area (Å²) in [5.74, 6) is -0.914. The van der Waals surface area contributed by atoms with Crippen molar-refractivity contribution in [3.05, 3.63) is 24.3 Å². The fraction of sp³-hybridized carbons (Fsp3) is 0.854. The molecule has 6 heteroatoms. The van der Waals surface area contributed by atoms with Crippen LogP contribution in [0.1, 0.15) is 245 Å². The summed E-state index contributed by atoms with van der Waals surface area (Å²) < 4.78 is 16.6. The van der Waals surface area contributed by atoms with Crippen LogP contribution in [0.2, 0.25) is 0 Å². The van der Waals surface area contributed by atoms with E-state index >= 15 is 0 Å². The molecule has 0 aliphatic carbocycles. The molecule has 1 unspecified atom stereocenters. The third kappa shape index (κ3) is 41.1. The van der Waals surface area contributed by atoms with Crippen LogP contribution >= 0.6 is 0 Å². The van der Waals surface area contributed by atoms with Gasteiger partial charge in [-0.05, 0) is 44.9 Å². The van der Waals surface area contributed by atoms with Gasteiger partial charge in [0, 0.05) is 19.3 Å². The van der Waals surface area contributed by atoms with Crippen molar-refractivity contribution in [3.63, 3.8) is 0 Å². The van der Waals surface area contributed by atoms with Crippen molar-refractivity contribution in [2.45, 2.75) is 252 Å². The molecule has 54 heavy (non-hydrogen) atoms. The molecular formula is C48H88O6. The highest BCUT2D eigenvalue weighted by molar-refractivity contribution is 5.71. The third-order valence-electron chi connectivity index (χ3n) is 10.2. The summed E-state index contributed by atoms with van der Waals surface area (Å²) in [6.07, 6.45) is 47.5. The zero-order valence-electron chi connectivity index (χ0n) is 36.0. The average molecular weight is 761 g/mol. The lowest BCUT2D eigenvalue weighted by atomic mass is 10.0. The smallest absolute Gasteiger partial charge is 0.306 e. The molecule has 0 aromatic rings. The van der Waals surface area contributed by atoms with Crippen LogP contribution in [0, 0.1) is 0 Å². The molecule has 0 saturated carbocycles. The molecule has 6 nitrogen and oxygen atoms in total. The van der Waals surface area contributed by atoms with Crippen molar-refractivity contribution >= 4 is 17.9 Å². The number of ether oxygens (including phenoxy) is 3. The fourth-order valence-electron chi connectivity index (χ4n) is 6.72. The second kappa shape index (κ2) is 43.6. The van der Waals surface area contributed by atoms with Crippen molar-refractivity contribution in [1.29, 1.82) is 0 Å². The van der Waals surface area contributed by atoms with E-state index in [1.807, 2.05) is 0 Å². The van der Waals surface area contributed by atoms with Crippen molar-refractivity contribution in [1.82, 2.24) is 0 Å². The van der Waals surface area contributed by atoms with E-state index in [9.17, 15) is 14.4 Å². The largest absolute Gasteiger partial charge is 0.462 e. The second-order valence-electron chi connectivity index (χ2n) is 15.6. The molecule has 0 aromatic carbocycles. The molecule has 0 radical (unpaired) electrons. The summed E-state index contributed by atoms with van der Waals surface area (Å²) >= 11 is 0. The van der Waals surface area contributed by atoms with Gasteiger partial charge in [0.2, 0.25) is 0 Å². The molecule has 316 valence electrons. The van der Waals surface area contributed by atoms with Gasteiger partial charge in [-0.1, -0.05) is 206 Å². The van der Waals surface area contributed by atoms with Crippen molar-refractivity contribution < 1.29 is 28.6 Å². The molecule has 0 amide bonds. The summed E-state index contributed by atoms with van der Waals surface area (Å²) in [5.41, 5.74) is 0. The van der Waals surface area contributed by atoms with Gasteiger partial charge in [-0.15, -0.1) is 0 Å². The lowest BCUT2D eigenvalue weighted by Crippen LogP contribution is -2.30. The quantitative estimate of drug-likeness (QED) is 0.0267. The Morgan fingerprint density at radius 3 is 1.11 bits per heavy atom. The Kier molecular flexibility index (Phi) is 41.9. The molecule has 0 fully saturated rings. The van der Waals surface area contributed by atoms with Gasteiger partial charge in [-0.25, -0.2) is 0 Å². The third-order valence-corrected chi connectivity index (χ3v) is 10.2. The minimum absolute atomic E-state index is 0.0804. The van der Waals surface area contributed by atoms with Gasteiger partial charge in [0.1, 0.15) is 13.2 Å². The Bertz CT molecular complexity index is 880. The van der Waals surface area contributed by atoms with Gasteiger partial charge in [-0.3, -0.25) is 14.4 Å². The van der Waals surface area contributed by atoms with Gasteiger partial charge in [0.05, 0.1) is 0 Å². The molecule has 0 saturated heterocycles. The summed E-state index contributed by atoms with van der Waals surface area (Å²) in [6.45, 7) is 6.48. The van der Waals surface area contributed by atoms with E-state index in [0.717, 1.165) is 70.6 Å². The van der Waals surface area contributed by atoms with Gasteiger partial charge in [-0.2, -0.15) is 0 Å². The first kappa shape index (κ1) is 51.9. The van der Waals surface area contributed by atoms with Crippen molar-refractivity contribution in [2.24, 2.45) is 0 Å². The Morgan fingerprint density at radius 2 is 0.722 bits per heavy atom. The van der Waals surface area contributed by atoms with Gasteiger partial charge in [0.25, 0.3) is 0 Å². The number of allylic oxidation sites excluding steroid dienone is 4. The Hall–Kier alpha value is -2.11. The summed E-state index contributed by atoms with van der Waals surface area (Å²) in [4.78, 5) is 37.6. The summed E-state index contributed by atoms with van der Waals surface area (Å²) in [7, 11) is 0. The molecule has 0 spiro atoms. The van der Waals surface area contributed by atoms with E-state index < -0.39 is 6.10 Å². The van der Waals surface area contributed by atoms with Gasteiger partial charge >= 0.3 is 17.9 Å². The maximum Gasteiger partial charge on any atom is 0.306 e. The number of rotatable bonds is 42. The van der Waals surface area contributed by atoms with Crippen LogP contribution in [-0.4, -0.2) is 37.2 Å². The highest BCUT2D eigenvalue weighted by Crippen LogP contribution is 2.16. The minimum Gasteiger partial charge on any atom is -0.462 e. The molecular weight excluding hydrogens is 673 g/mol. The first-order valence-electron chi connectivity index (χ1n) is 23.3. The van der Waals surface area contributed by atoms with Crippen LogP contribution in [0.25, 0.3) is 0 Å². The predicted molar refractivity (Wildman–Crippen MR) is 229 cm³/mol.